The summed E-state index contributed by atoms with van der Waals surface area (Å²) < 4.78 is 0. The number of hydrogen-bond donors (Lipinski definition) is 0. The lowest BCUT2D eigenvalue weighted by atomic mass is 9.72. The third-order valence-electron chi connectivity index (χ3n) is 5.27. The first-order chi connectivity index (χ1) is 8.19. The first-order valence-electron chi connectivity index (χ1n) is 7.65. The highest BCUT2D eigenvalue weighted by atomic mass is 15.2. The molecule has 0 N–H and O–H groups in total. The van der Waals surface area contributed by atoms with Crippen molar-refractivity contribution in [3.8, 4) is 0 Å². The van der Waals surface area contributed by atoms with E-state index in [0.29, 0.717) is 5.41 Å². The van der Waals surface area contributed by atoms with Gasteiger partial charge in [-0.15, -0.1) is 0 Å². The van der Waals surface area contributed by atoms with Crippen LogP contribution in [0.15, 0.2) is 0 Å². The molecule has 1 spiro atoms. The quantitative estimate of drug-likeness (QED) is 0.746. The van der Waals surface area contributed by atoms with Crippen molar-refractivity contribution in [2.24, 2.45) is 5.41 Å². The molecule has 2 aliphatic heterocycles. The predicted octanol–water partition coefficient (Wildman–Crippen LogP) is 2.98. The monoisotopic (exact) mass is 238 g/mol. The predicted molar refractivity (Wildman–Crippen MR) is 74.3 cm³/mol. The van der Waals surface area contributed by atoms with Crippen LogP contribution in [0.25, 0.3) is 0 Å². The Morgan fingerprint density at radius 2 is 1.76 bits per heavy atom. The molecule has 1 atom stereocenters. The van der Waals surface area contributed by atoms with Crippen molar-refractivity contribution in [3.05, 3.63) is 0 Å². The smallest absolute Gasteiger partial charge is 0.00645 e. The summed E-state index contributed by atoms with van der Waals surface area (Å²) in [5, 5.41) is 0. The van der Waals surface area contributed by atoms with E-state index in [-0.39, 0.29) is 0 Å². The van der Waals surface area contributed by atoms with E-state index in [4.69, 9.17) is 0 Å². The maximum atomic E-state index is 2.76. The second-order valence-corrected chi connectivity index (χ2v) is 6.27. The van der Waals surface area contributed by atoms with Crippen LogP contribution in [-0.4, -0.2) is 48.6 Å². The summed E-state index contributed by atoms with van der Waals surface area (Å²) in [4.78, 5) is 5.37. The van der Waals surface area contributed by atoms with Crippen molar-refractivity contribution in [2.75, 3.05) is 32.7 Å². The second-order valence-electron chi connectivity index (χ2n) is 6.27. The normalized spacial score (nSPS) is 28.4. The number of rotatable bonds is 3. The number of likely N-dealkylation sites (tertiary alicyclic amines) is 2. The zero-order valence-corrected chi connectivity index (χ0v) is 12.0. The molecule has 2 saturated heterocycles. The van der Waals surface area contributed by atoms with Crippen LogP contribution in [0.4, 0.5) is 0 Å². The van der Waals surface area contributed by atoms with Crippen LogP contribution in [0.5, 0.6) is 0 Å². The van der Waals surface area contributed by atoms with Crippen molar-refractivity contribution in [1.29, 1.82) is 0 Å². The largest absolute Gasteiger partial charge is 0.304 e. The fraction of sp³-hybridized carbons (Fsp3) is 1.00. The van der Waals surface area contributed by atoms with Crippen LogP contribution in [-0.2, 0) is 0 Å². The summed E-state index contributed by atoms with van der Waals surface area (Å²) >= 11 is 0. The molecule has 0 radical (unpaired) electrons. The summed E-state index contributed by atoms with van der Waals surface area (Å²) in [5.74, 6) is 0. The van der Waals surface area contributed by atoms with Gasteiger partial charge in [-0.2, -0.15) is 0 Å². The van der Waals surface area contributed by atoms with Crippen molar-refractivity contribution in [3.63, 3.8) is 0 Å². The minimum Gasteiger partial charge on any atom is -0.304 e. The van der Waals surface area contributed by atoms with Crippen molar-refractivity contribution >= 4 is 0 Å². The lowest BCUT2D eigenvalue weighted by Gasteiger charge is -2.49. The van der Waals surface area contributed by atoms with Gasteiger partial charge < -0.3 is 9.80 Å². The molecular formula is C15H30N2. The minimum absolute atomic E-state index is 0.674. The number of hydrogen-bond acceptors (Lipinski definition) is 2. The average Bonchev–Trinajstić information content (AvgIpc) is 2.39. The number of piperidine rings is 2. The molecule has 2 nitrogen and oxygen atoms in total. The molecular weight excluding hydrogens is 208 g/mol. The molecule has 2 aliphatic rings. The highest BCUT2D eigenvalue weighted by Crippen LogP contribution is 2.40. The van der Waals surface area contributed by atoms with E-state index >= 15 is 0 Å². The van der Waals surface area contributed by atoms with Gasteiger partial charge in [0.2, 0.25) is 0 Å². The second kappa shape index (κ2) is 5.71. The van der Waals surface area contributed by atoms with Gasteiger partial charge in [0.1, 0.15) is 0 Å². The van der Waals surface area contributed by atoms with Crippen molar-refractivity contribution < 1.29 is 0 Å². The van der Waals surface area contributed by atoms with E-state index in [9.17, 15) is 0 Å². The molecule has 0 saturated carbocycles. The zero-order chi connectivity index (χ0) is 12.3. The molecule has 100 valence electrons. The van der Waals surface area contributed by atoms with E-state index < -0.39 is 0 Å². The van der Waals surface area contributed by atoms with Gasteiger partial charge in [-0.25, -0.2) is 0 Å². The van der Waals surface area contributed by atoms with Crippen LogP contribution < -0.4 is 0 Å². The number of nitrogens with zero attached hydrogens (tertiary/aromatic N) is 2. The molecule has 0 aromatic heterocycles. The third kappa shape index (κ3) is 3.03. The van der Waals surface area contributed by atoms with Crippen molar-refractivity contribution in [2.45, 2.75) is 58.9 Å². The first kappa shape index (κ1) is 13.4. The molecule has 0 aromatic rings. The van der Waals surface area contributed by atoms with Gasteiger partial charge in [-0.05, 0) is 70.6 Å². The lowest BCUT2D eigenvalue weighted by molar-refractivity contribution is 0.00939. The summed E-state index contributed by atoms with van der Waals surface area (Å²) in [5.41, 5.74) is 0.674. The molecule has 0 bridgehead atoms. The average molecular weight is 238 g/mol. The fourth-order valence-corrected chi connectivity index (χ4v) is 3.63. The highest BCUT2D eigenvalue weighted by Gasteiger charge is 2.38. The van der Waals surface area contributed by atoms with Gasteiger partial charge in [0, 0.05) is 12.6 Å². The van der Waals surface area contributed by atoms with Crippen LogP contribution in [0.3, 0.4) is 0 Å². The summed E-state index contributed by atoms with van der Waals surface area (Å²) in [6.07, 6.45) is 7.09. The van der Waals surface area contributed by atoms with Gasteiger partial charge in [0.25, 0.3) is 0 Å². The Morgan fingerprint density at radius 3 is 2.35 bits per heavy atom. The van der Waals surface area contributed by atoms with E-state index in [2.05, 4.69) is 30.6 Å². The van der Waals surface area contributed by atoms with E-state index in [1.54, 1.807) is 0 Å². The lowest BCUT2D eigenvalue weighted by Crippen LogP contribution is -2.51. The van der Waals surface area contributed by atoms with E-state index in [1.165, 1.54) is 64.8 Å². The molecule has 0 aromatic carbocycles. The molecule has 0 aliphatic carbocycles. The molecule has 2 fully saturated rings. The Bertz CT molecular complexity index is 231. The summed E-state index contributed by atoms with van der Waals surface area (Å²) in [6, 6.07) is 0.788. The Labute approximate surface area is 107 Å². The Morgan fingerprint density at radius 1 is 1.06 bits per heavy atom. The molecule has 1 unspecified atom stereocenters. The zero-order valence-electron chi connectivity index (χ0n) is 12.0. The molecule has 0 amide bonds. The summed E-state index contributed by atoms with van der Waals surface area (Å²) in [6.45, 7) is 13.7. The van der Waals surface area contributed by atoms with E-state index in [1.807, 2.05) is 0 Å². The molecule has 2 heterocycles. The minimum atomic E-state index is 0.674. The van der Waals surface area contributed by atoms with Gasteiger partial charge in [0.15, 0.2) is 0 Å². The van der Waals surface area contributed by atoms with Crippen LogP contribution >= 0.6 is 0 Å². The van der Waals surface area contributed by atoms with Gasteiger partial charge >= 0.3 is 0 Å². The maximum absolute atomic E-state index is 2.76. The van der Waals surface area contributed by atoms with Crippen LogP contribution in [0.1, 0.15) is 52.9 Å². The topological polar surface area (TPSA) is 6.48 Å². The Hall–Kier alpha value is -0.0800. The molecule has 17 heavy (non-hydrogen) atoms. The van der Waals surface area contributed by atoms with Gasteiger partial charge in [-0.3, -0.25) is 0 Å². The molecule has 2 heteroatoms. The Kier molecular flexibility index (Phi) is 4.48. The Balaban J connectivity index is 1.92. The van der Waals surface area contributed by atoms with Gasteiger partial charge in [0.05, 0.1) is 0 Å². The standard InChI is InChI=1S/C15H30N2/c1-4-14(3)17-10-6-7-15(13-17)8-11-16(5-2)12-9-15/h14H,4-13H2,1-3H3. The third-order valence-corrected chi connectivity index (χ3v) is 5.27. The van der Waals surface area contributed by atoms with Crippen LogP contribution in [0, 0.1) is 5.41 Å². The van der Waals surface area contributed by atoms with Crippen molar-refractivity contribution in [1.82, 2.24) is 9.80 Å². The highest BCUT2D eigenvalue weighted by molar-refractivity contribution is 4.92. The SMILES string of the molecule is CCC(C)N1CCCC2(CCN(CC)CC2)C1. The fourth-order valence-electron chi connectivity index (χ4n) is 3.63. The summed E-state index contributed by atoms with van der Waals surface area (Å²) in [7, 11) is 0. The van der Waals surface area contributed by atoms with Crippen LogP contribution in [0.2, 0.25) is 0 Å². The van der Waals surface area contributed by atoms with Gasteiger partial charge in [-0.1, -0.05) is 13.8 Å². The molecule has 2 rings (SSSR count). The first-order valence-corrected chi connectivity index (χ1v) is 7.65. The maximum Gasteiger partial charge on any atom is 0.00645 e. The van der Waals surface area contributed by atoms with E-state index in [0.717, 1.165) is 6.04 Å².